The van der Waals surface area contributed by atoms with Crippen molar-refractivity contribution in [2.45, 2.75) is 322 Å². The number of carbonyl (C=O) groups excluding carboxylic acids is 3. The standard InChI is InChI=1S/C80H137NO8/c1-6-8-10-12-14-16-18-20-22-24-26-28-30-32-34-35-36-37-38-39-40-41-42-43-45-47-49-51-53-55-57-59-61-63-65-67-69-71-78(83)89-76(75-88-80(79(84)85)86-73-72-81(3,4)5)74-87-77(82)70-68-66-64-62-60-58-56-54-52-50-48-46-44-33-31-29-27-25-23-21-19-17-15-13-11-9-7-2/h8,10,14,16,19-22,25-28,31-34,36-37,39-40,76,80H,6-7,9,11-13,15,17-18,23-24,29-30,35,38,41-75H2,1-5H3/b10-8-,16-14-,21-19-,22-20-,27-25-,28-26-,33-31-,34-32-,37-36-,40-39-. The topological polar surface area (TPSA) is 111 Å². The lowest BCUT2D eigenvalue weighted by Crippen LogP contribution is -2.44. The van der Waals surface area contributed by atoms with E-state index in [2.05, 4.69) is 135 Å². The van der Waals surface area contributed by atoms with Crippen molar-refractivity contribution in [1.29, 1.82) is 0 Å². The van der Waals surface area contributed by atoms with Gasteiger partial charge in [-0.15, -0.1) is 0 Å². The zero-order valence-corrected chi connectivity index (χ0v) is 58.3. The van der Waals surface area contributed by atoms with Crippen LogP contribution < -0.4 is 5.11 Å². The number of hydrogen-bond donors (Lipinski definition) is 0. The molecule has 0 amide bonds. The fraction of sp³-hybridized carbons (Fsp3) is 0.713. The molecular formula is C80H137NO8. The number of ether oxygens (including phenoxy) is 4. The summed E-state index contributed by atoms with van der Waals surface area (Å²) in [5.74, 6) is -2.28. The smallest absolute Gasteiger partial charge is 0.306 e. The number of carboxylic acid groups (broad SMARTS) is 1. The van der Waals surface area contributed by atoms with Gasteiger partial charge in [0, 0.05) is 12.8 Å². The van der Waals surface area contributed by atoms with Crippen LogP contribution in [0.4, 0.5) is 0 Å². The highest BCUT2D eigenvalue weighted by atomic mass is 16.7. The maximum Gasteiger partial charge on any atom is 0.306 e. The van der Waals surface area contributed by atoms with Crippen LogP contribution in [0.15, 0.2) is 122 Å². The third-order valence-electron chi connectivity index (χ3n) is 15.7. The molecule has 0 aliphatic carbocycles. The second-order valence-corrected chi connectivity index (χ2v) is 25.5. The van der Waals surface area contributed by atoms with Gasteiger partial charge in [-0.05, 0) is 109 Å². The van der Waals surface area contributed by atoms with Crippen LogP contribution >= 0.6 is 0 Å². The van der Waals surface area contributed by atoms with Gasteiger partial charge in [-0.3, -0.25) is 9.59 Å². The number of carbonyl (C=O) groups is 3. The molecule has 0 heterocycles. The second kappa shape index (κ2) is 69.6. The molecule has 0 aliphatic heterocycles. The van der Waals surface area contributed by atoms with Crippen LogP contribution in [0.5, 0.6) is 0 Å². The molecule has 2 unspecified atom stereocenters. The van der Waals surface area contributed by atoms with E-state index in [1.165, 1.54) is 180 Å². The minimum absolute atomic E-state index is 0.144. The number of hydrogen-bond acceptors (Lipinski definition) is 8. The Balaban J connectivity index is 4.10. The fourth-order valence-corrected chi connectivity index (χ4v) is 10.1. The highest BCUT2D eigenvalue weighted by molar-refractivity contribution is 5.70. The van der Waals surface area contributed by atoms with Crippen LogP contribution in [0, 0.1) is 0 Å². The lowest BCUT2D eigenvalue weighted by atomic mass is 10.0. The molecule has 2 atom stereocenters. The van der Waals surface area contributed by atoms with Gasteiger partial charge >= 0.3 is 11.9 Å². The largest absolute Gasteiger partial charge is 0.545 e. The quantitative estimate of drug-likeness (QED) is 0.0195. The Morgan fingerprint density at radius 1 is 0.348 bits per heavy atom. The number of rotatable bonds is 67. The first-order valence-electron chi connectivity index (χ1n) is 36.7. The van der Waals surface area contributed by atoms with Gasteiger partial charge in [0.1, 0.15) is 13.2 Å². The van der Waals surface area contributed by atoms with Gasteiger partial charge in [-0.1, -0.05) is 309 Å². The summed E-state index contributed by atoms with van der Waals surface area (Å²) in [6, 6.07) is 0. The molecule has 9 nitrogen and oxygen atoms in total. The number of nitrogens with zero attached hydrogens (tertiary/aromatic N) is 1. The average molecular weight is 1240 g/mol. The number of esters is 2. The van der Waals surface area contributed by atoms with E-state index in [0.717, 1.165) is 96.3 Å². The van der Waals surface area contributed by atoms with Crippen molar-refractivity contribution in [3.8, 4) is 0 Å². The Hall–Kier alpha value is -4.31. The summed E-state index contributed by atoms with van der Waals surface area (Å²) in [7, 11) is 5.93. The van der Waals surface area contributed by atoms with Gasteiger partial charge in [0.15, 0.2) is 12.4 Å². The predicted molar refractivity (Wildman–Crippen MR) is 380 cm³/mol. The maximum atomic E-state index is 13.0. The molecule has 0 radical (unpaired) electrons. The molecule has 0 bridgehead atoms. The van der Waals surface area contributed by atoms with Gasteiger partial charge in [0.05, 0.1) is 40.3 Å². The van der Waals surface area contributed by atoms with Crippen molar-refractivity contribution in [3.63, 3.8) is 0 Å². The highest BCUT2D eigenvalue weighted by Crippen LogP contribution is 2.17. The molecule has 0 aliphatic rings. The number of quaternary nitrogens is 1. The van der Waals surface area contributed by atoms with Crippen molar-refractivity contribution < 1.29 is 42.9 Å². The van der Waals surface area contributed by atoms with Crippen LogP contribution in [-0.4, -0.2) is 82.3 Å². The van der Waals surface area contributed by atoms with Crippen molar-refractivity contribution in [2.75, 3.05) is 47.5 Å². The van der Waals surface area contributed by atoms with E-state index in [1.807, 2.05) is 21.1 Å². The molecule has 0 rings (SSSR count). The number of likely N-dealkylation sites (N-methyl/N-ethyl adjacent to an activating group) is 1. The van der Waals surface area contributed by atoms with E-state index in [4.69, 9.17) is 18.9 Å². The maximum absolute atomic E-state index is 13.0. The summed E-state index contributed by atoms with van der Waals surface area (Å²) < 4.78 is 22.8. The lowest BCUT2D eigenvalue weighted by molar-refractivity contribution is -0.870. The summed E-state index contributed by atoms with van der Waals surface area (Å²) in [4.78, 5) is 37.5. The first kappa shape index (κ1) is 84.7. The summed E-state index contributed by atoms with van der Waals surface area (Å²) >= 11 is 0. The zero-order chi connectivity index (χ0) is 64.7. The predicted octanol–water partition coefficient (Wildman–Crippen LogP) is 21.8. The number of unbranched alkanes of at least 4 members (excludes halogenated alkanes) is 32. The second-order valence-electron chi connectivity index (χ2n) is 25.5. The summed E-state index contributed by atoms with van der Waals surface area (Å²) in [6.07, 6.45) is 95.7. The monoisotopic (exact) mass is 1240 g/mol. The Kier molecular flexibility index (Phi) is 66.2. The molecule has 0 aromatic rings. The van der Waals surface area contributed by atoms with Gasteiger partial charge in [-0.25, -0.2) is 0 Å². The number of allylic oxidation sites excluding steroid dienone is 20. The SMILES string of the molecule is CC/C=C\C/C=C\C/C=C\C/C=C\C/C=C\C/C=C\C/C=C\CCCCCCCCCCCCCCCCCC(=O)OC(COC(=O)CCCCCCCCCCCCCC/C=C\C/C=C\C/C=C\CCCCCCC)COC(OCC[N+](C)(C)C)C(=O)[O-]. The minimum atomic E-state index is -1.63. The average Bonchev–Trinajstić information content (AvgIpc) is 3.70. The van der Waals surface area contributed by atoms with Gasteiger partial charge in [-0.2, -0.15) is 0 Å². The molecule has 9 heteroatoms. The van der Waals surface area contributed by atoms with Crippen molar-refractivity contribution >= 4 is 17.9 Å². The lowest BCUT2D eigenvalue weighted by Gasteiger charge is -2.26. The molecule has 0 spiro atoms. The zero-order valence-electron chi connectivity index (χ0n) is 58.3. The molecule has 0 saturated heterocycles. The van der Waals surface area contributed by atoms with Crippen LogP contribution in [0.25, 0.3) is 0 Å². The molecule has 89 heavy (non-hydrogen) atoms. The van der Waals surface area contributed by atoms with Crippen molar-refractivity contribution in [1.82, 2.24) is 0 Å². The molecule has 0 fully saturated rings. The highest BCUT2D eigenvalue weighted by Gasteiger charge is 2.22. The molecule has 0 N–H and O–H groups in total. The van der Waals surface area contributed by atoms with Gasteiger partial charge < -0.3 is 33.3 Å². The molecule has 0 saturated carbocycles. The first-order chi connectivity index (χ1) is 43.6. The Morgan fingerprint density at radius 2 is 0.640 bits per heavy atom. The summed E-state index contributed by atoms with van der Waals surface area (Å²) in [5.41, 5.74) is 0. The van der Waals surface area contributed by atoms with E-state index in [0.29, 0.717) is 17.4 Å². The summed E-state index contributed by atoms with van der Waals surface area (Å²) in [6.45, 7) is 4.64. The minimum Gasteiger partial charge on any atom is -0.545 e. The Bertz CT molecular complexity index is 1880. The Morgan fingerprint density at radius 3 is 0.955 bits per heavy atom. The summed E-state index contributed by atoms with van der Waals surface area (Å²) in [5, 5.41) is 11.8. The van der Waals surface area contributed by atoms with Gasteiger partial charge in [0.2, 0.25) is 0 Å². The van der Waals surface area contributed by atoms with E-state index in [-0.39, 0.29) is 38.6 Å². The van der Waals surface area contributed by atoms with E-state index >= 15 is 0 Å². The third kappa shape index (κ3) is 71.0. The van der Waals surface area contributed by atoms with Gasteiger partial charge in [0.25, 0.3) is 0 Å². The fourth-order valence-electron chi connectivity index (χ4n) is 10.1. The van der Waals surface area contributed by atoms with Crippen LogP contribution in [0.3, 0.4) is 0 Å². The molecule has 510 valence electrons. The van der Waals surface area contributed by atoms with E-state index < -0.39 is 24.3 Å². The molecular weight excluding hydrogens is 1100 g/mol. The van der Waals surface area contributed by atoms with E-state index in [9.17, 15) is 19.5 Å². The first-order valence-corrected chi connectivity index (χ1v) is 36.7. The van der Waals surface area contributed by atoms with Crippen LogP contribution in [0.1, 0.15) is 309 Å². The molecule has 0 aromatic heterocycles. The number of carboxylic acids is 1. The van der Waals surface area contributed by atoms with Crippen LogP contribution in [0.2, 0.25) is 0 Å². The Labute approximate surface area is 548 Å². The van der Waals surface area contributed by atoms with Crippen molar-refractivity contribution in [3.05, 3.63) is 122 Å². The molecule has 0 aromatic carbocycles. The van der Waals surface area contributed by atoms with Crippen molar-refractivity contribution in [2.24, 2.45) is 0 Å². The number of aliphatic carboxylic acids is 1. The van der Waals surface area contributed by atoms with Crippen LogP contribution in [-0.2, 0) is 33.3 Å². The van der Waals surface area contributed by atoms with E-state index in [1.54, 1.807) is 0 Å². The normalized spacial score (nSPS) is 13.4. The third-order valence-corrected chi connectivity index (χ3v) is 15.7.